The van der Waals surface area contributed by atoms with Crippen LogP contribution in [0.25, 0.3) is 0 Å². The highest BCUT2D eigenvalue weighted by atomic mass is 16.6. The van der Waals surface area contributed by atoms with Gasteiger partial charge >= 0.3 is 6.09 Å². The molecule has 21 heavy (non-hydrogen) atoms. The Hall–Kier alpha value is -0.770. The van der Waals surface area contributed by atoms with Crippen LogP contribution in [0.5, 0.6) is 0 Å². The van der Waals surface area contributed by atoms with E-state index in [9.17, 15) is 4.79 Å². The van der Waals surface area contributed by atoms with Gasteiger partial charge < -0.3 is 10.1 Å². The van der Waals surface area contributed by atoms with Crippen LogP contribution in [0.4, 0.5) is 4.79 Å². The lowest BCUT2D eigenvalue weighted by molar-refractivity contribution is 0.0252. The summed E-state index contributed by atoms with van der Waals surface area (Å²) in [4.78, 5) is 14.2. The summed E-state index contributed by atoms with van der Waals surface area (Å²) in [6.45, 7) is 7.89. The summed E-state index contributed by atoms with van der Waals surface area (Å²) in [7, 11) is 0. The standard InChI is InChI=1S/C17H30N2O2/c1-16(2)13-21-15(20)19(16)12-17(8-10-18-11-9-17)14-6-4-3-5-7-14/h14,18H,3-13H2,1-2H3. The lowest BCUT2D eigenvalue weighted by atomic mass is 9.63. The van der Waals surface area contributed by atoms with Crippen LogP contribution in [0.1, 0.15) is 58.8 Å². The number of cyclic esters (lactones) is 1. The molecule has 120 valence electrons. The molecule has 0 atom stereocenters. The van der Waals surface area contributed by atoms with Crippen molar-refractivity contribution in [3.05, 3.63) is 0 Å². The van der Waals surface area contributed by atoms with E-state index in [0.29, 0.717) is 12.0 Å². The summed E-state index contributed by atoms with van der Waals surface area (Å²) in [5.41, 5.74) is 0.163. The van der Waals surface area contributed by atoms with E-state index in [1.54, 1.807) is 0 Å². The summed E-state index contributed by atoms with van der Waals surface area (Å²) in [6, 6.07) is 0. The number of carbonyl (C=O) groups excluding carboxylic acids is 1. The minimum absolute atomic E-state index is 0.103. The van der Waals surface area contributed by atoms with Gasteiger partial charge in [0.15, 0.2) is 0 Å². The zero-order valence-electron chi connectivity index (χ0n) is 13.6. The van der Waals surface area contributed by atoms with Gasteiger partial charge in [0.1, 0.15) is 6.61 Å². The average Bonchev–Trinajstić information content (AvgIpc) is 2.76. The summed E-state index contributed by atoms with van der Waals surface area (Å²) in [5, 5.41) is 3.50. The van der Waals surface area contributed by atoms with Crippen LogP contribution in [0.15, 0.2) is 0 Å². The molecular weight excluding hydrogens is 264 g/mol. The molecule has 4 heteroatoms. The van der Waals surface area contributed by atoms with Gasteiger partial charge in [0, 0.05) is 6.54 Å². The third kappa shape index (κ3) is 2.92. The van der Waals surface area contributed by atoms with E-state index in [0.717, 1.165) is 25.6 Å². The molecule has 1 N–H and O–H groups in total. The molecular formula is C17H30N2O2. The Morgan fingerprint density at radius 1 is 1.19 bits per heavy atom. The minimum atomic E-state index is -0.149. The maximum atomic E-state index is 12.2. The summed E-state index contributed by atoms with van der Waals surface area (Å²) < 4.78 is 5.33. The highest BCUT2D eigenvalue weighted by molar-refractivity contribution is 5.71. The van der Waals surface area contributed by atoms with Gasteiger partial charge in [0.05, 0.1) is 5.54 Å². The molecule has 2 heterocycles. The molecule has 1 saturated carbocycles. The Morgan fingerprint density at radius 2 is 1.86 bits per heavy atom. The molecule has 0 spiro atoms. The normalized spacial score (nSPS) is 29.4. The molecule has 3 rings (SSSR count). The molecule has 2 aliphatic heterocycles. The Labute approximate surface area is 128 Å². The number of amides is 1. The molecule has 1 aliphatic carbocycles. The van der Waals surface area contributed by atoms with Crippen molar-refractivity contribution in [2.75, 3.05) is 26.2 Å². The van der Waals surface area contributed by atoms with E-state index in [1.165, 1.54) is 44.9 Å². The molecule has 0 aromatic carbocycles. The van der Waals surface area contributed by atoms with Gasteiger partial charge in [-0.05, 0) is 64.0 Å². The number of nitrogens with zero attached hydrogens (tertiary/aromatic N) is 1. The number of hydrogen-bond donors (Lipinski definition) is 1. The van der Waals surface area contributed by atoms with Crippen LogP contribution in [-0.2, 0) is 4.74 Å². The first-order valence-corrected chi connectivity index (χ1v) is 8.69. The number of rotatable bonds is 3. The van der Waals surface area contributed by atoms with Crippen molar-refractivity contribution >= 4 is 6.09 Å². The summed E-state index contributed by atoms with van der Waals surface area (Å²) in [5.74, 6) is 0.789. The van der Waals surface area contributed by atoms with Crippen LogP contribution < -0.4 is 5.32 Å². The van der Waals surface area contributed by atoms with E-state index in [-0.39, 0.29) is 11.6 Å². The van der Waals surface area contributed by atoms with Crippen LogP contribution in [0.2, 0.25) is 0 Å². The van der Waals surface area contributed by atoms with Crippen molar-refractivity contribution in [1.29, 1.82) is 0 Å². The first-order valence-electron chi connectivity index (χ1n) is 8.69. The SMILES string of the molecule is CC1(C)COC(=O)N1CC1(C2CCCCC2)CCNCC1. The average molecular weight is 294 g/mol. The molecule has 0 aromatic heterocycles. The minimum Gasteiger partial charge on any atom is -0.447 e. The maximum absolute atomic E-state index is 12.2. The molecule has 3 fully saturated rings. The molecule has 1 amide bonds. The molecule has 2 saturated heterocycles. The quantitative estimate of drug-likeness (QED) is 0.869. The van der Waals surface area contributed by atoms with Gasteiger partial charge in [-0.3, -0.25) is 4.90 Å². The Bertz CT molecular complexity index is 382. The monoisotopic (exact) mass is 294 g/mol. The van der Waals surface area contributed by atoms with E-state index in [4.69, 9.17) is 4.74 Å². The van der Waals surface area contributed by atoms with Crippen molar-refractivity contribution in [3.8, 4) is 0 Å². The van der Waals surface area contributed by atoms with Gasteiger partial charge in [0.25, 0.3) is 0 Å². The fourth-order valence-electron chi connectivity index (χ4n) is 4.57. The number of piperidine rings is 1. The molecule has 0 aromatic rings. The van der Waals surface area contributed by atoms with E-state index in [1.807, 2.05) is 4.90 Å². The molecule has 0 unspecified atom stereocenters. The van der Waals surface area contributed by atoms with E-state index in [2.05, 4.69) is 19.2 Å². The zero-order chi connectivity index (χ0) is 14.9. The van der Waals surface area contributed by atoms with E-state index >= 15 is 0 Å². The first kappa shape index (κ1) is 15.1. The van der Waals surface area contributed by atoms with Gasteiger partial charge in [-0.1, -0.05) is 19.3 Å². The van der Waals surface area contributed by atoms with Crippen LogP contribution in [0, 0.1) is 11.3 Å². The second-order valence-electron chi connectivity index (χ2n) is 7.90. The maximum Gasteiger partial charge on any atom is 0.410 e. The number of ether oxygens (including phenoxy) is 1. The number of hydrogen-bond acceptors (Lipinski definition) is 3. The van der Waals surface area contributed by atoms with Crippen molar-refractivity contribution in [1.82, 2.24) is 10.2 Å². The first-order chi connectivity index (χ1) is 10.0. The predicted molar refractivity (Wildman–Crippen MR) is 83.2 cm³/mol. The number of nitrogens with one attached hydrogen (secondary N) is 1. The van der Waals surface area contributed by atoms with Gasteiger partial charge in [-0.25, -0.2) is 4.79 Å². The molecule has 0 radical (unpaired) electrons. The Morgan fingerprint density at radius 3 is 2.43 bits per heavy atom. The predicted octanol–water partition coefficient (Wildman–Crippen LogP) is 3.17. The summed E-state index contributed by atoms with van der Waals surface area (Å²) in [6.07, 6.45) is 9.14. The molecule has 3 aliphatic rings. The molecule has 4 nitrogen and oxygen atoms in total. The van der Waals surface area contributed by atoms with Crippen molar-refractivity contribution in [2.24, 2.45) is 11.3 Å². The second kappa shape index (κ2) is 5.79. The zero-order valence-corrected chi connectivity index (χ0v) is 13.6. The second-order valence-corrected chi connectivity index (χ2v) is 7.90. The number of carbonyl (C=O) groups is 1. The van der Waals surface area contributed by atoms with Gasteiger partial charge in [-0.2, -0.15) is 0 Å². The lowest BCUT2D eigenvalue weighted by Crippen LogP contribution is -2.53. The van der Waals surface area contributed by atoms with Crippen molar-refractivity contribution in [2.45, 2.75) is 64.3 Å². The fraction of sp³-hybridized carbons (Fsp3) is 0.941. The van der Waals surface area contributed by atoms with Gasteiger partial charge in [-0.15, -0.1) is 0 Å². The Kier molecular flexibility index (Phi) is 4.17. The summed E-state index contributed by atoms with van der Waals surface area (Å²) >= 11 is 0. The topological polar surface area (TPSA) is 41.6 Å². The highest BCUT2D eigenvalue weighted by Crippen LogP contribution is 2.46. The highest BCUT2D eigenvalue weighted by Gasteiger charge is 2.48. The molecule has 0 bridgehead atoms. The lowest BCUT2D eigenvalue weighted by Gasteiger charge is -2.48. The largest absolute Gasteiger partial charge is 0.447 e. The fourth-order valence-corrected chi connectivity index (χ4v) is 4.57. The van der Waals surface area contributed by atoms with Crippen LogP contribution in [-0.4, -0.2) is 42.8 Å². The van der Waals surface area contributed by atoms with Crippen molar-refractivity contribution < 1.29 is 9.53 Å². The van der Waals surface area contributed by atoms with Crippen LogP contribution in [0.3, 0.4) is 0 Å². The third-order valence-corrected chi connectivity index (χ3v) is 6.04. The third-order valence-electron chi connectivity index (χ3n) is 6.04. The van der Waals surface area contributed by atoms with E-state index < -0.39 is 0 Å². The van der Waals surface area contributed by atoms with Crippen LogP contribution >= 0.6 is 0 Å². The smallest absolute Gasteiger partial charge is 0.410 e. The van der Waals surface area contributed by atoms with Crippen molar-refractivity contribution in [3.63, 3.8) is 0 Å². The Balaban J connectivity index is 1.80. The van der Waals surface area contributed by atoms with Gasteiger partial charge in [0.2, 0.25) is 0 Å².